The fourth-order valence-electron chi connectivity index (χ4n) is 1.50. The average Bonchev–Trinajstić information content (AvgIpc) is 2.24. The molecule has 0 heterocycles. The van der Waals surface area contributed by atoms with Crippen LogP contribution in [0.5, 0.6) is 0 Å². The molecule has 0 N–H and O–H groups in total. The summed E-state index contributed by atoms with van der Waals surface area (Å²) in [6, 6.07) is 5.31. The molecular formula is C11H13ClN2O. The van der Waals surface area contributed by atoms with E-state index in [1.165, 1.54) is 0 Å². The van der Waals surface area contributed by atoms with Crippen molar-refractivity contribution in [3.63, 3.8) is 0 Å². The van der Waals surface area contributed by atoms with Gasteiger partial charge in [-0.2, -0.15) is 4.99 Å². The maximum atomic E-state index is 10.3. The third-order valence-electron chi connectivity index (χ3n) is 2.21. The predicted octanol–water partition coefficient (Wildman–Crippen LogP) is 3.15. The first-order valence-corrected chi connectivity index (χ1v) is 5.23. The number of hydrogen-bond donors (Lipinski definition) is 0. The van der Waals surface area contributed by atoms with Gasteiger partial charge in [-0.15, -0.1) is 0 Å². The van der Waals surface area contributed by atoms with Crippen LogP contribution in [-0.4, -0.2) is 19.2 Å². The van der Waals surface area contributed by atoms with E-state index in [0.29, 0.717) is 10.7 Å². The Labute approximate surface area is 94.4 Å². The zero-order chi connectivity index (χ0) is 11.3. The highest BCUT2D eigenvalue weighted by Crippen LogP contribution is 2.35. The van der Waals surface area contributed by atoms with Crippen LogP contribution in [0.4, 0.5) is 11.4 Å². The lowest BCUT2D eigenvalue weighted by Crippen LogP contribution is -2.22. The summed E-state index contributed by atoms with van der Waals surface area (Å²) in [6.45, 7) is 5.70. The SMILES string of the molecule is CCN(CC)c1c(Cl)cccc1N=C=O. The Morgan fingerprint density at radius 1 is 1.40 bits per heavy atom. The summed E-state index contributed by atoms with van der Waals surface area (Å²) in [7, 11) is 0. The molecule has 15 heavy (non-hydrogen) atoms. The maximum absolute atomic E-state index is 10.3. The quantitative estimate of drug-likeness (QED) is 0.581. The summed E-state index contributed by atoms with van der Waals surface area (Å²) >= 11 is 6.09. The van der Waals surface area contributed by atoms with Crippen molar-refractivity contribution >= 4 is 29.1 Å². The van der Waals surface area contributed by atoms with Crippen molar-refractivity contribution in [2.75, 3.05) is 18.0 Å². The van der Waals surface area contributed by atoms with Crippen LogP contribution in [0.25, 0.3) is 0 Å². The standard InChI is InChI=1S/C11H13ClN2O/c1-3-14(4-2)11-9(12)6-5-7-10(11)13-8-15/h5-7H,3-4H2,1-2H3. The largest absolute Gasteiger partial charge is 0.369 e. The first kappa shape index (κ1) is 11.8. The third-order valence-corrected chi connectivity index (χ3v) is 2.52. The molecule has 0 aliphatic heterocycles. The number of isocyanates is 1. The van der Waals surface area contributed by atoms with Crippen LogP contribution in [0, 0.1) is 0 Å². The van der Waals surface area contributed by atoms with E-state index < -0.39 is 0 Å². The van der Waals surface area contributed by atoms with Crippen molar-refractivity contribution in [1.82, 2.24) is 0 Å². The van der Waals surface area contributed by atoms with Gasteiger partial charge in [0, 0.05) is 13.1 Å². The molecule has 0 aliphatic rings. The Morgan fingerprint density at radius 2 is 2.07 bits per heavy atom. The van der Waals surface area contributed by atoms with Crippen LogP contribution in [0.15, 0.2) is 23.2 Å². The van der Waals surface area contributed by atoms with Gasteiger partial charge in [-0.3, -0.25) is 0 Å². The number of hydrogen-bond acceptors (Lipinski definition) is 3. The second-order valence-corrected chi connectivity index (χ2v) is 3.39. The highest BCUT2D eigenvalue weighted by atomic mass is 35.5. The maximum Gasteiger partial charge on any atom is 0.240 e. The van der Waals surface area contributed by atoms with E-state index in [-0.39, 0.29) is 0 Å². The molecule has 1 aromatic rings. The van der Waals surface area contributed by atoms with Crippen molar-refractivity contribution < 1.29 is 4.79 Å². The van der Waals surface area contributed by atoms with Crippen LogP contribution in [0.1, 0.15) is 13.8 Å². The van der Waals surface area contributed by atoms with Gasteiger partial charge in [0.15, 0.2) is 0 Å². The second kappa shape index (κ2) is 5.54. The summed E-state index contributed by atoms with van der Waals surface area (Å²) in [4.78, 5) is 16.0. The minimum atomic E-state index is 0.571. The van der Waals surface area contributed by atoms with Crippen molar-refractivity contribution in [3.05, 3.63) is 23.2 Å². The molecule has 0 atom stereocenters. The highest BCUT2D eigenvalue weighted by molar-refractivity contribution is 6.34. The van der Waals surface area contributed by atoms with Crippen LogP contribution < -0.4 is 4.90 Å². The molecule has 0 unspecified atom stereocenters. The number of benzene rings is 1. The van der Waals surface area contributed by atoms with Gasteiger partial charge < -0.3 is 4.90 Å². The lowest BCUT2D eigenvalue weighted by molar-refractivity contribution is 0.565. The Balaban J connectivity index is 3.28. The van der Waals surface area contributed by atoms with Gasteiger partial charge in [0.05, 0.1) is 10.7 Å². The molecule has 0 saturated carbocycles. The van der Waals surface area contributed by atoms with Gasteiger partial charge in [-0.1, -0.05) is 17.7 Å². The number of halogens is 1. The number of para-hydroxylation sites is 1. The highest BCUT2D eigenvalue weighted by Gasteiger charge is 2.11. The molecule has 4 heteroatoms. The molecule has 80 valence electrons. The molecule has 0 radical (unpaired) electrons. The van der Waals surface area contributed by atoms with E-state index in [1.807, 2.05) is 13.8 Å². The van der Waals surface area contributed by atoms with Gasteiger partial charge in [-0.05, 0) is 26.0 Å². The zero-order valence-electron chi connectivity index (χ0n) is 8.83. The van der Waals surface area contributed by atoms with E-state index in [1.54, 1.807) is 24.3 Å². The van der Waals surface area contributed by atoms with E-state index >= 15 is 0 Å². The molecule has 3 nitrogen and oxygen atoms in total. The minimum Gasteiger partial charge on any atom is -0.369 e. The van der Waals surface area contributed by atoms with Gasteiger partial charge in [0.2, 0.25) is 6.08 Å². The summed E-state index contributed by atoms with van der Waals surface area (Å²) in [5.74, 6) is 0. The zero-order valence-corrected chi connectivity index (χ0v) is 9.58. The Kier molecular flexibility index (Phi) is 4.35. The van der Waals surface area contributed by atoms with Crippen molar-refractivity contribution in [3.8, 4) is 0 Å². The van der Waals surface area contributed by atoms with Crippen LogP contribution in [-0.2, 0) is 4.79 Å². The molecule has 0 saturated heterocycles. The van der Waals surface area contributed by atoms with Gasteiger partial charge >= 0.3 is 0 Å². The number of carbonyl (C=O) groups excluding carboxylic acids is 1. The monoisotopic (exact) mass is 224 g/mol. The predicted molar refractivity (Wildman–Crippen MR) is 62.8 cm³/mol. The van der Waals surface area contributed by atoms with Gasteiger partial charge in [-0.25, -0.2) is 4.79 Å². The minimum absolute atomic E-state index is 0.571. The second-order valence-electron chi connectivity index (χ2n) is 2.98. The normalized spacial score (nSPS) is 9.53. The smallest absolute Gasteiger partial charge is 0.240 e. The van der Waals surface area contributed by atoms with Crippen LogP contribution >= 0.6 is 11.6 Å². The first-order chi connectivity index (χ1) is 7.24. The Bertz CT molecular complexity index is 382. The molecule has 0 spiro atoms. The summed E-state index contributed by atoms with van der Waals surface area (Å²) < 4.78 is 0. The van der Waals surface area contributed by atoms with Crippen molar-refractivity contribution in [2.24, 2.45) is 4.99 Å². The molecule has 0 amide bonds. The first-order valence-electron chi connectivity index (χ1n) is 4.85. The molecule has 0 fully saturated rings. The number of rotatable bonds is 4. The van der Waals surface area contributed by atoms with E-state index in [9.17, 15) is 4.79 Å². The summed E-state index contributed by atoms with van der Waals surface area (Å²) in [6.07, 6.45) is 1.54. The van der Waals surface area contributed by atoms with Crippen molar-refractivity contribution in [1.29, 1.82) is 0 Å². The summed E-state index contributed by atoms with van der Waals surface area (Å²) in [5, 5.41) is 0.607. The number of nitrogens with zero attached hydrogens (tertiary/aromatic N) is 2. The van der Waals surface area contributed by atoms with Gasteiger partial charge in [0.1, 0.15) is 5.69 Å². The molecular weight excluding hydrogens is 212 g/mol. The number of anilines is 1. The van der Waals surface area contributed by atoms with Crippen molar-refractivity contribution in [2.45, 2.75) is 13.8 Å². The lowest BCUT2D eigenvalue weighted by atomic mass is 10.2. The van der Waals surface area contributed by atoms with E-state index in [0.717, 1.165) is 18.8 Å². The number of aliphatic imine (C=N–C) groups is 1. The third kappa shape index (κ3) is 2.58. The van der Waals surface area contributed by atoms with E-state index in [2.05, 4.69) is 9.89 Å². The van der Waals surface area contributed by atoms with Gasteiger partial charge in [0.25, 0.3) is 0 Å². The topological polar surface area (TPSA) is 32.7 Å². The molecule has 0 aliphatic carbocycles. The fourth-order valence-corrected chi connectivity index (χ4v) is 1.79. The van der Waals surface area contributed by atoms with E-state index in [4.69, 9.17) is 11.6 Å². The summed E-state index contributed by atoms with van der Waals surface area (Å²) in [5.41, 5.74) is 1.37. The lowest BCUT2D eigenvalue weighted by Gasteiger charge is -2.23. The molecule has 1 aromatic carbocycles. The molecule has 0 aromatic heterocycles. The average molecular weight is 225 g/mol. The Hall–Kier alpha value is -1.31. The van der Waals surface area contributed by atoms with Crippen LogP contribution in [0.3, 0.4) is 0 Å². The molecule has 1 rings (SSSR count). The van der Waals surface area contributed by atoms with Crippen LogP contribution in [0.2, 0.25) is 5.02 Å². The molecule has 0 bridgehead atoms. The fraction of sp³-hybridized carbons (Fsp3) is 0.364. The Morgan fingerprint density at radius 3 is 2.60 bits per heavy atom.